The summed E-state index contributed by atoms with van der Waals surface area (Å²) in [6.45, 7) is 4.32. The molecule has 3 rings (SSSR count). The molecule has 1 aliphatic heterocycles. The number of halogens is 3. The number of rotatable bonds is 3. The number of likely N-dealkylation sites (tertiary alicyclic amines) is 1. The molecule has 0 saturated carbocycles. The van der Waals surface area contributed by atoms with Crippen LogP contribution in [-0.4, -0.2) is 35.1 Å². The predicted molar refractivity (Wildman–Crippen MR) is 90.2 cm³/mol. The van der Waals surface area contributed by atoms with Crippen LogP contribution in [0.4, 0.5) is 23.7 Å². The molecule has 1 saturated heterocycles. The van der Waals surface area contributed by atoms with E-state index in [1.165, 1.54) is 17.2 Å². The van der Waals surface area contributed by atoms with Crippen molar-refractivity contribution in [1.82, 2.24) is 9.88 Å². The zero-order valence-corrected chi connectivity index (χ0v) is 14.3. The molecule has 1 aromatic carbocycles. The van der Waals surface area contributed by atoms with Crippen LogP contribution in [0.15, 0.2) is 36.5 Å². The quantitative estimate of drug-likeness (QED) is 0.894. The maximum Gasteiger partial charge on any atom is 0.421 e. The fourth-order valence-electron chi connectivity index (χ4n) is 2.56. The molecule has 8 heteroatoms. The summed E-state index contributed by atoms with van der Waals surface area (Å²) in [6.07, 6.45) is -3.81. The number of nitrogens with one attached hydrogen (secondary N) is 1. The van der Waals surface area contributed by atoms with E-state index in [-0.39, 0.29) is 19.1 Å². The Bertz CT molecular complexity index is 818. The number of nitrogens with zero attached hydrogens (tertiary/aromatic N) is 2. The molecule has 0 unspecified atom stereocenters. The molecule has 0 radical (unpaired) electrons. The van der Waals surface area contributed by atoms with Gasteiger partial charge in [-0.2, -0.15) is 13.2 Å². The third-order valence-corrected chi connectivity index (χ3v) is 4.25. The number of ether oxygens (including phenoxy) is 1. The average molecular weight is 365 g/mol. The highest BCUT2D eigenvalue weighted by Gasteiger charge is 2.38. The summed E-state index contributed by atoms with van der Waals surface area (Å²) in [5, 5.41) is 2.77. The number of urea groups is 1. The number of alkyl halides is 3. The molecule has 2 amide bonds. The average Bonchev–Trinajstić information content (AvgIpc) is 2.53. The van der Waals surface area contributed by atoms with Crippen LogP contribution in [0.3, 0.4) is 0 Å². The molecule has 26 heavy (non-hydrogen) atoms. The highest BCUT2D eigenvalue weighted by atomic mass is 19.4. The Balaban J connectivity index is 1.56. The molecular weight excluding hydrogens is 347 g/mol. The van der Waals surface area contributed by atoms with Crippen LogP contribution in [-0.2, 0) is 6.18 Å². The second-order valence-corrected chi connectivity index (χ2v) is 6.23. The van der Waals surface area contributed by atoms with Crippen LogP contribution in [0.1, 0.15) is 16.7 Å². The molecule has 0 atom stereocenters. The second kappa shape index (κ2) is 6.86. The number of aromatic nitrogens is 1. The van der Waals surface area contributed by atoms with Crippen LogP contribution in [0.25, 0.3) is 0 Å². The lowest BCUT2D eigenvalue weighted by atomic mass is 10.1. The summed E-state index contributed by atoms with van der Waals surface area (Å²) in [7, 11) is 0. The van der Waals surface area contributed by atoms with Crippen LogP contribution in [0, 0.1) is 13.8 Å². The summed E-state index contributed by atoms with van der Waals surface area (Å²) in [5.74, 6) is -0.459. The Morgan fingerprint density at radius 1 is 1.23 bits per heavy atom. The Morgan fingerprint density at radius 2 is 1.96 bits per heavy atom. The third kappa shape index (κ3) is 3.89. The molecule has 0 spiro atoms. The fraction of sp³-hybridized carbons (Fsp3) is 0.333. The highest BCUT2D eigenvalue weighted by Crippen LogP contribution is 2.35. The maximum absolute atomic E-state index is 12.9. The number of anilines is 1. The van der Waals surface area contributed by atoms with Gasteiger partial charge >= 0.3 is 12.2 Å². The molecule has 138 valence electrons. The van der Waals surface area contributed by atoms with Crippen molar-refractivity contribution in [3.8, 4) is 5.88 Å². The molecule has 5 nitrogen and oxygen atoms in total. The topological polar surface area (TPSA) is 54.5 Å². The van der Waals surface area contributed by atoms with Gasteiger partial charge in [0, 0.05) is 11.9 Å². The lowest BCUT2D eigenvalue weighted by Crippen LogP contribution is -2.57. The van der Waals surface area contributed by atoms with Gasteiger partial charge in [0.2, 0.25) is 5.88 Å². The Labute approximate surface area is 148 Å². The monoisotopic (exact) mass is 365 g/mol. The molecule has 1 fully saturated rings. The summed E-state index contributed by atoms with van der Waals surface area (Å²) >= 11 is 0. The van der Waals surface area contributed by atoms with Crippen molar-refractivity contribution >= 4 is 11.7 Å². The summed E-state index contributed by atoms with van der Waals surface area (Å²) in [4.78, 5) is 17.3. The van der Waals surface area contributed by atoms with Gasteiger partial charge in [-0.3, -0.25) is 0 Å². The summed E-state index contributed by atoms with van der Waals surface area (Å²) < 4.78 is 44.1. The first-order valence-corrected chi connectivity index (χ1v) is 8.06. The minimum atomic E-state index is -4.53. The van der Waals surface area contributed by atoms with Crippen molar-refractivity contribution in [3.05, 3.63) is 53.2 Å². The molecule has 0 bridgehead atoms. The van der Waals surface area contributed by atoms with Gasteiger partial charge in [0.25, 0.3) is 0 Å². The first-order valence-electron chi connectivity index (χ1n) is 8.06. The number of pyridine rings is 1. The van der Waals surface area contributed by atoms with E-state index in [1.807, 2.05) is 26.0 Å². The molecule has 2 aromatic rings. The smallest absolute Gasteiger partial charge is 0.421 e. The van der Waals surface area contributed by atoms with Crippen molar-refractivity contribution in [2.75, 3.05) is 18.4 Å². The minimum absolute atomic E-state index is 0.199. The molecule has 1 aromatic heterocycles. The molecule has 0 aliphatic carbocycles. The van der Waals surface area contributed by atoms with Gasteiger partial charge < -0.3 is 15.0 Å². The van der Waals surface area contributed by atoms with Gasteiger partial charge in [0.15, 0.2) is 0 Å². The van der Waals surface area contributed by atoms with Gasteiger partial charge in [0.1, 0.15) is 11.7 Å². The predicted octanol–water partition coefficient (Wildman–Crippen LogP) is 4.01. The van der Waals surface area contributed by atoms with E-state index in [1.54, 1.807) is 6.07 Å². The van der Waals surface area contributed by atoms with Gasteiger partial charge in [-0.1, -0.05) is 6.07 Å². The normalized spacial score (nSPS) is 14.7. The van der Waals surface area contributed by atoms with Gasteiger partial charge in [-0.25, -0.2) is 9.78 Å². The van der Waals surface area contributed by atoms with E-state index >= 15 is 0 Å². The first kappa shape index (κ1) is 18.0. The standard InChI is InChI=1S/C18H18F3N3O2/c1-11-5-6-13(8-12(11)2)23-17(25)24-9-14(10-24)26-16-15(18(19,20)21)4-3-7-22-16/h3-8,14H,9-10H2,1-2H3,(H,23,25). The minimum Gasteiger partial charge on any atom is -0.470 e. The van der Waals surface area contributed by atoms with E-state index < -0.39 is 23.7 Å². The van der Waals surface area contributed by atoms with Crippen molar-refractivity contribution in [1.29, 1.82) is 0 Å². The zero-order chi connectivity index (χ0) is 18.9. The van der Waals surface area contributed by atoms with Crippen molar-refractivity contribution in [2.24, 2.45) is 0 Å². The van der Waals surface area contributed by atoms with Gasteiger partial charge in [0.05, 0.1) is 13.1 Å². The second-order valence-electron chi connectivity index (χ2n) is 6.23. The van der Waals surface area contributed by atoms with Crippen LogP contribution in [0.2, 0.25) is 0 Å². The van der Waals surface area contributed by atoms with Crippen molar-refractivity contribution in [2.45, 2.75) is 26.1 Å². The Hall–Kier alpha value is -2.77. The number of carbonyl (C=O) groups excluding carboxylic acids is 1. The number of amides is 2. The van der Waals surface area contributed by atoms with E-state index in [9.17, 15) is 18.0 Å². The molecule has 2 heterocycles. The summed E-state index contributed by atoms with van der Waals surface area (Å²) in [6, 6.07) is 7.39. The SMILES string of the molecule is Cc1ccc(NC(=O)N2CC(Oc3ncccc3C(F)(F)F)C2)cc1C. The molecular formula is C18H18F3N3O2. The lowest BCUT2D eigenvalue weighted by Gasteiger charge is -2.38. The molecule has 1 N–H and O–H groups in total. The number of aryl methyl sites for hydroxylation is 2. The van der Waals surface area contributed by atoms with Crippen LogP contribution in [0.5, 0.6) is 5.88 Å². The van der Waals surface area contributed by atoms with Crippen molar-refractivity contribution < 1.29 is 22.7 Å². The number of hydrogen-bond acceptors (Lipinski definition) is 3. The number of hydrogen-bond donors (Lipinski definition) is 1. The summed E-state index contributed by atoms with van der Waals surface area (Å²) in [5.41, 5.74) is 1.93. The number of benzene rings is 1. The van der Waals surface area contributed by atoms with Gasteiger partial charge in [-0.05, 0) is 49.2 Å². The highest BCUT2D eigenvalue weighted by molar-refractivity contribution is 5.90. The lowest BCUT2D eigenvalue weighted by molar-refractivity contribution is -0.140. The maximum atomic E-state index is 12.9. The zero-order valence-electron chi connectivity index (χ0n) is 14.3. The van der Waals surface area contributed by atoms with Gasteiger partial charge in [-0.15, -0.1) is 0 Å². The van der Waals surface area contributed by atoms with E-state index in [2.05, 4.69) is 10.3 Å². The third-order valence-electron chi connectivity index (χ3n) is 4.25. The molecule has 1 aliphatic rings. The first-order chi connectivity index (χ1) is 12.2. The van der Waals surface area contributed by atoms with E-state index in [0.29, 0.717) is 5.69 Å². The largest absolute Gasteiger partial charge is 0.470 e. The Kier molecular flexibility index (Phi) is 4.76. The fourth-order valence-corrected chi connectivity index (χ4v) is 2.56. The number of carbonyl (C=O) groups is 1. The van der Waals surface area contributed by atoms with Crippen LogP contribution < -0.4 is 10.1 Å². The van der Waals surface area contributed by atoms with E-state index in [4.69, 9.17) is 4.74 Å². The Morgan fingerprint density at radius 3 is 2.62 bits per heavy atom. The van der Waals surface area contributed by atoms with E-state index in [0.717, 1.165) is 17.2 Å². The van der Waals surface area contributed by atoms with Crippen LogP contribution >= 0.6 is 0 Å². The van der Waals surface area contributed by atoms with Crippen molar-refractivity contribution in [3.63, 3.8) is 0 Å².